The zero-order valence-corrected chi connectivity index (χ0v) is 15.6. The van der Waals surface area contributed by atoms with Crippen molar-refractivity contribution in [2.24, 2.45) is 0 Å². The van der Waals surface area contributed by atoms with Crippen LogP contribution in [0, 0.1) is 0 Å². The van der Waals surface area contributed by atoms with Gasteiger partial charge >= 0.3 is 6.03 Å². The summed E-state index contributed by atoms with van der Waals surface area (Å²) < 4.78 is 36.6. The van der Waals surface area contributed by atoms with Crippen LogP contribution in [-0.2, 0) is 4.74 Å². The van der Waals surface area contributed by atoms with E-state index in [1.54, 1.807) is 25.4 Å². The minimum Gasteiger partial charge on any atom is -0.497 e. The van der Waals surface area contributed by atoms with Crippen molar-refractivity contribution in [2.45, 2.75) is 19.0 Å². The van der Waals surface area contributed by atoms with Crippen LogP contribution in [0.3, 0.4) is 0 Å². The summed E-state index contributed by atoms with van der Waals surface area (Å²) in [6.45, 7) is 1.41. The third kappa shape index (κ3) is 4.66. The number of morpholine rings is 1. The lowest BCUT2D eigenvalue weighted by atomic mass is 10.1. The Kier molecular flexibility index (Phi) is 5.93. The number of amides is 2. The molecule has 2 heterocycles. The fraction of sp³-hybridized carbons (Fsp3) is 0.368. The van der Waals surface area contributed by atoms with Gasteiger partial charge in [-0.3, -0.25) is 5.32 Å². The van der Waals surface area contributed by atoms with Crippen LogP contribution in [0.1, 0.15) is 6.92 Å². The number of rotatable bonds is 5. The summed E-state index contributed by atoms with van der Waals surface area (Å²) in [7, 11) is 1.59. The topological polar surface area (TPSA) is 75.7 Å². The SMILES string of the molecule is COc1cccc(Nc2ccc(NC(=O)N3CCOC(C)(C(F)F)C3)nc2)c1. The molecule has 2 aromatic rings. The van der Waals surface area contributed by atoms with E-state index in [1.807, 2.05) is 24.3 Å². The van der Waals surface area contributed by atoms with E-state index in [1.165, 1.54) is 11.8 Å². The molecule has 1 aromatic carbocycles. The van der Waals surface area contributed by atoms with Gasteiger partial charge in [-0.1, -0.05) is 6.07 Å². The third-order valence-electron chi connectivity index (χ3n) is 4.40. The number of alkyl halides is 2. The zero-order valence-electron chi connectivity index (χ0n) is 15.6. The molecule has 0 aliphatic carbocycles. The number of nitrogens with zero attached hydrogens (tertiary/aromatic N) is 2. The molecule has 0 radical (unpaired) electrons. The summed E-state index contributed by atoms with van der Waals surface area (Å²) >= 11 is 0. The zero-order chi connectivity index (χ0) is 20.1. The van der Waals surface area contributed by atoms with Crippen molar-refractivity contribution in [2.75, 3.05) is 37.4 Å². The van der Waals surface area contributed by atoms with Crippen LogP contribution in [0.5, 0.6) is 5.75 Å². The molecule has 0 bridgehead atoms. The number of benzene rings is 1. The monoisotopic (exact) mass is 392 g/mol. The Morgan fingerprint density at radius 2 is 2.14 bits per heavy atom. The van der Waals surface area contributed by atoms with E-state index >= 15 is 0 Å². The second-order valence-electron chi connectivity index (χ2n) is 6.60. The number of anilines is 3. The molecule has 0 saturated carbocycles. The van der Waals surface area contributed by atoms with Crippen molar-refractivity contribution >= 4 is 23.2 Å². The van der Waals surface area contributed by atoms with Crippen LogP contribution >= 0.6 is 0 Å². The fourth-order valence-electron chi connectivity index (χ4n) is 2.80. The summed E-state index contributed by atoms with van der Waals surface area (Å²) in [6.07, 6.45) is -1.11. The van der Waals surface area contributed by atoms with E-state index in [-0.39, 0.29) is 19.7 Å². The molecule has 3 rings (SSSR count). The maximum atomic E-state index is 13.1. The van der Waals surface area contributed by atoms with Gasteiger partial charge < -0.3 is 19.7 Å². The minimum absolute atomic E-state index is 0.0606. The Bertz CT molecular complexity index is 819. The van der Waals surface area contributed by atoms with Crippen LogP contribution < -0.4 is 15.4 Å². The number of halogens is 2. The number of hydrogen-bond donors (Lipinski definition) is 2. The lowest BCUT2D eigenvalue weighted by Crippen LogP contribution is -2.56. The van der Waals surface area contributed by atoms with Gasteiger partial charge in [0.15, 0.2) is 0 Å². The molecule has 2 amide bonds. The largest absolute Gasteiger partial charge is 0.497 e. The van der Waals surface area contributed by atoms with E-state index in [2.05, 4.69) is 15.6 Å². The van der Waals surface area contributed by atoms with Gasteiger partial charge in [-0.05, 0) is 31.2 Å². The molecule has 1 aromatic heterocycles. The summed E-state index contributed by atoms with van der Waals surface area (Å²) in [5, 5.41) is 5.81. The van der Waals surface area contributed by atoms with Crippen LogP contribution in [0.4, 0.5) is 30.8 Å². The highest BCUT2D eigenvalue weighted by Crippen LogP contribution is 2.25. The maximum Gasteiger partial charge on any atom is 0.323 e. The molecule has 1 aliphatic rings. The summed E-state index contributed by atoms with van der Waals surface area (Å²) in [5.41, 5.74) is -0.103. The first-order valence-corrected chi connectivity index (χ1v) is 8.75. The molecule has 28 heavy (non-hydrogen) atoms. The molecular weight excluding hydrogens is 370 g/mol. The van der Waals surface area contributed by atoms with E-state index in [4.69, 9.17) is 9.47 Å². The molecule has 2 N–H and O–H groups in total. The van der Waals surface area contributed by atoms with E-state index in [0.717, 1.165) is 17.1 Å². The van der Waals surface area contributed by atoms with Gasteiger partial charge in [-0.25, -0.2) is 18.6 Å². The van der Waals surface area contributed by atoms with Gasteiger partial charge in [-0.15, -0.1) is 0 Å². The number of aromatic nitrogens is 1. The number of carbonyl (C=O) groups excluding carboxylic acids is 1. The van der Waals surface area contributed by atoms with Crippen molar-refractivity contribution < 1.29 is 23.0 Å². The summed E-state index contributed by atoms with van der Waals surface area (Å²) in [5.74, 6) is 1.05. The number of ether oxygens (including phenoxy) is 2. The standard InChI is InChI=1S/C19H22F2N4O3/c1-19(17(20)21)12-25(8-9-28-19)18(26)24-16-7-6-14(11-22-16)23-13-4-3-5-15(10-13)27-2/h3-7,10-11,17,23H,8-9,12H2,1-2H3,(H,22,24,26). The molecule has 1 saturated heterocycles. The highest BCUT2D eigenvalue weighted by atomic mass is 19.3. The Hall–Kier alpha value is -2.94. The van der Waals surface area contributed by atoms with Crippen LogP contribution in [0.15, 0.2) is 42.6 Å². The van der Waals surface area contributed by atoms with Crippen molar-refractivity contribution in [3.63, 3.8) is 0 Å². The Balaban J connectivity index is 1.60. The van der Waals surface area contributed by atoms with Gasteiger partial charge in [-0.2, -0.15) is 0 Å². The predicted octanol–water partition coefficient (Wildman–Crippen LogP) is 3.72. The Morgan fingerprint density at radius 3 is 2.82 bits per heavy atom. The summed E-state index contributed by atoms with van der Waals surface area (Å²) in [4.78, 5) is 17.9. The summed E-state index contributed by atoms with van der Waals surface area (Å²) in [6, 6.07) is 10.3. The third-order valence-corrected chi connectivity index (χ3v) is 4.40. The first-order chi connectivity index (χ1) is 13.4. The average Bonchev–Trinajstić information content (AvgIpc) is 2.69. The second kappa shape index (κ2) is 8.39. The molecule has 1 atom stereocenters. The molecular formula is C19H22F2N4O3. The van der Waals surface area contributed by atoms with Gasteiger partial charge in [0, 0.05) is 18.3 Å². The second-order valence-corrected chi connectivity index (χ2v) is 6.60. The smallest absolute Gasteiger partial charge is 0.323 e. The molecule has 150 valence electrons. The number of urea groups is 1. The minimum atomic E-state index is -2.68. The molecule has 1 fully saturated rings. The number of methoxy groups -OCH3 is 1. The van der Waals surface area contributed by atoms with Crippen LogP contribution in [0.2, 0.25) is 0 Å². The lowest BCUT2D eigenvalue weighted by Gasteiger charge is -2.39. The Labute approximate surface area is 161 Å². The molecule has 9 heteroatoms. The molecule has 0 spiro atoms. The normalized spacial score (nSPS) is 19.4. The molecule has 7 nitrogen and oxygen atoms in total. The molecule has 1 unspecified atom stereocenters. The van der Waals surface area contributed by atoms with Crippen molar-refractivity contribution in [3.05, 3.63) is 42.6 Å². The van der Waals surface area contributed by atoms with Crippen molar-refractivity contribution in [1.82, 2.24) is 9.88 Å². The fourth-order valence-corrected chi connectivity index (χ4v) is 2.80. The first kappa shape index (κ1) is 19.8. The van der Waals surface area contributed by atoms with Gasteiger partial charge in [0.05, 0.1) is 32.1 Å². The number of carbonyl (C=O) groups is 1. The van der Waals surface area contributed by atoms with Crippen LogP contribution in [0.25, 0.3) is 0 Å². The quantitative estimate of drug-likeness (QED) is 0.811. The number of hydrogen-bond acceptors (Lipinski definition) is 5. The average molecular weight is 392 g/mol. The van der Waals surface area contributed by atoms with Crippen LogP contribution in [-0.4, -0.2) is 54.7 Å². The first-order valence-electron chi connectivity index (χ1n) is 8.75. The van der Waals surface area contributed by atoms with Gasteiger partial charge in [0.2, 0.25) is 0 Å². The lowest BCUT2D eigenvalue weighted by molar-refractivity contribution is -0.161. The van der Waals surface area contributed by atoms with E-state index < -0.39 is 18.1 Å². The Morgan fingerprint density at radius 1 is 1.32 bits per heavy atom. The predicted molar refractivity (Wildman–Crippen MR) is 101 cm³/mol. The van der Waals surface area contributed by atoms with Crippen molar-refractivity contribution in [3.8, 4) is 5.75 Å². The van der Waals surface area contributed by atoms with Gasteiger partial charge in [0.25, 0.3) is 6.43 Å². The molecule has 1 aliphatic heterocycles. The van der Waals surface area contributed by atoms with E-state index in [0.29, 0.717) is 5.82 Å². The highest BCUT2D eigenvalue weighted by Gasteiger charge is 2.42. The van der Waals surface area contributed by atoms with Gasteiger partial charge in [0.1, 0.15) is 17.2 Å². The maximum absolute atomic E-state index is 13.1. The number of pyridine rings is 1. The number of nitrogens with one attached hydrogen (secondary N) is 2. The van der Waals surface area contributed by atoms with Crippen molar-refractivity contribution in [1.29, 1.82) is 0 Å². The highest BCUT2D eigenvalue weighted by molar-refractivity contribution is 5.88. The van der Waals surface area contributed by atoms with E-state index in [9.17, 15) is 13.6 Å².